The van der Waals surface area contributed by atoms with Crippen LogP contribution in [0.15, 0.2) is 40.0 Å². The average molecular weight is 544 g/mol. The number of nitrogens with one attached hydrogen (secondary N) is 1. The van der Waals surface area contributed by atoms with Crippen molar-refractivity contribution in [2.45, 2.75) is 19.9 Å². The maximum atomic E-state index is 13.1. The Balaban J connectivity index is 1.24. The number of esters is 1. The van der Waals surface area contributed by atoms with Gasteiger partial charge in [-0.25, -0.2) is 14.6 Å². The van der Waals surface area contributed by atoms with Crippen molar-refractivity contribution in [3.63, 3.8) is 0 Å². The Labute approximate surface area is 231 Å². The van der Waals surface area contributed by atoms with Gasteiger partial charge in [0.25, 0.3) is 0 Å². The highest BCUT2D eigenvalue weighted by atomic mass is 32.1. The Hall–Kier alpha value is -4.19. The zero-order valence-electron chi connectivity index (χ0n) is 22.2. The van der Waals surface area contributed by atoms with E-state index in [-0.39, 0.29) is 18.6 Å². The van der Waals surface area contributed by atoms with Crippen molar-refractivity contribution in [1.29, 1.82) is 5.26 Å². The number of amidine groups is 1. The first-order valence-electron chi connectivity index (χ1n) is 12.7. The summed E-state index contributed by atoms with van der Waals surface area (Å²) in [6, 6.07) is 5.89. The molecule has 0 aliphatic carbocycles. The molecule has 4 heterocycles. The molecule has 0 saturated carbocycles. The van der Waals surface area contributed by atoms with E-state index < -0.39 is 5.97 Å². The molecule has 0 radical (unpaired) electrons. The van der Waals surface area contributed by atoms with Gasteiger partial charge in [0.1, 0.15) is 0 Å². The van der Waals surface area contributed by atoms with E-state index in [9.17, 15) is 9.59 Å². The van der Waals surface area contributed by atoms with E-state index in [1.54, 1.807) is 11.1 Å². The number of urea groups is 1. The van der Waals surface area contributed by atoms with Crippen molar-refractivity contribution in [3.05, 3.63) is 62.2 Å². The largest absolute Gasteiger partial charge is 0.466 e. The van der Waals surface area contributed by atoms with E-state index in [0.717, 1.165) is 27.4 Å². The number of fused-ring (bicyclic) bond motifs is 1. The Kier molecular flexibility index (Phi) is 7.64. The maximum absolute atomic E-state index is 13.1. The van der Waals surface area contributed by atoms with E-state index in [0.29, 0.717) is 56.2 Å². The molecule has 10 nitrogen and oxygen atoms in total. The molecule has 0 unspecified atom stereocenters. The Morgan fingerprint density at radius 3 is 2.74 bits per heavy atom. The van der Waals surface area contributed by atoms with Crippen molar-refractivity contribution in [3.8, 4) is 17.9 Å². The summed E-state index contributed by atoms with van der Waals surface area (Å²) >= 11 is 1.48. The van der Waals surface area contributed by atoms with E-state index >= 15 is 0 Å². The molecule has 2 amide bonds. The number of nitrogens with zero attached hydrogens (tertiary/aromatic N) is 6. The number of rotatable bonds is 5. The van der Waals surface area contributed by atoms with Crippen molar-refractivity contribution in [1.82, 2.24) is 25.0 Å². The first-order chi connectivity index (χ1) is 18.9. The number of aliphatic imine (C=N–C) groups is 1. The third-order valence-electron chi connectivity index (χ3n) is 7.14. The SMILES string of the molecule is COC(=O)C1=C(CN2CCN3C(=O)N(CC#Cc4c(C)cc(C#N)cc4C)C[C@@H]3C2)NC(c2nccs2)=NC1. The lowest BCUT2D eigenvalue weighted by Crippen LogP contribution is -2.53. The summed E-state index contributed by atoms with van der Waals surface area (Å²) in [5.74, 6) is 6.63. The lowest BCUT2D eigenvalue weighted by molar-refractivity contribution is -0.136. The Morgan fingerprint density at radius 2 is 2.05 bits per heavy atom. The van der Waals surface area contributed by atoms with Gasteiger partial charge in [-0.05, 0) is 37.1 Å². The van der Waals surface area contributed by atoms with Gasteiger partial charge < -0.3 is 19.9 Å². The summed E-state index contributed by atoms with van der Waals surface area (Å²) in [4.78, 5) is 40.3. The van der Waals surface area contributed by atoms with Gasteiger partial charge in [0.2, 0.25) is 0 Å². The van der Waals surface area contributed by atoms with Gasteiger partial charge in [-0.1, -0.05) is 11.8 Å². The Bertz CT molecular complexity index is 1440. The van der Waals surface area contributed by atoms with Gasteiger partial charge in [-0.3, -0.25) is 9.89 Å². The van der Waals surface area contributed by atoms with Gasteiger partial charge >= 0.3 is 12.0 Å². The van der Waals surface area contributed by atoms with Crippen molar-refractivity contribution >= 4 is 29.2 Å². The van der Waals surface area contributed by atoms with Crippen LogP contribution in [-0.2, 0) is 9.53 Å². The van der Waals surface area contributed by atoms with Crippen LogP contribution in [0.4, 0.5) is 4.79 Å². The molecule has 1 aromatic heterocycles. The topological polar surface area (TPSA) is 114 Å². The molecule has 1 aromatic carbocycles. The minimum absolute atomic E-state index is 0.00525. The van der Waals surface area contributed by atoms with Crippen LogP contribution in [0.25, 0.3) is 0 Å². The van der Waals surface area contributed by atoms with Gasteiger partial charge in [0, 0.05) is 55.6 Å². The fraction of sp³-hybridized carbons (Fsp3) is 0.393. The number of benzene rings is 1. The number of aromatic nitrogens is 1. The quantitative estimate of drug-likeness (QED) is 0.453. The second kappa shape index (κ2) is 11.3. The molecule has 3 aliphatic heterocycles. The fourth-order valence-electron chi connectivity index (χ4n) is 5.21. The minimum atomic E-state index is -0.397. The Morgan fingerprint density at radius 1 is 1.26 bits per heavy atom. The number of carbonyl (C=O) groups excluding carboxylic acids is 2. The highest BCUT2D eigenvalue weighted by molar-refractivity contribution is 7.11. The third-order valence-corrected chi connectivity index (χ3v) is 7.92. The molecular weight excluding hydrogens is 514 g/mol. The number of methoxy groups -OCH3 is 1. The second-order valence-electron chi connectivity index (χ2n) is 9.72. The molecule has 39 heavy (non-hydrogen) atoms. The number of hydrogen-bond acceptors (Lipinski definition) is 9. The fourth-order valence-corrected chi connectivity index (χ4v) is 5.81. The molecular formula is C28H29N7O3S. The number of aryl methyl sites for hydroxylation is 2. The van der Waals surface area contributed by atoms with Crippen molar-refractivity contribution in [2.75, 3.05) is 52.9 Å². The standard InChI is InChI=1S/C28H29N7O3S/c1-18-11-20(13-29)12-19(2)22(18)5-4-7-34-16-21-15-33(8-9-35(21)28(34)37)17-24-23(27(36)38-3)14-31-25(32-24)26-30-6-10-39-26/h6,10-12,21H,7-9,14-17H2,1-3H3,(H,31,32)/t21-/m0/s1. The number of ether oxygens (including phenoxy) is 1. The summed E-state index contributed by atoms with van der Waals surface area (Å²) in [6.07, 6.45) is 1.72. The maximum Gasteiger partial charge on any atom is 0.337 e. The van der Waals surface area contributed by atoms with E-state index in [4.69, 9.17) is 10.00 Å². The van der Waals surface area contributed by atoms with Crippen LogP contribution in [0, 0.1) is 37.0 Å². The normalized spacial score (nSPS) is 19.1. The molecule has 2 aromatic rings. The molecule has 1 atom stereocenters. The zero-order valence-corrected chi connectivity index (χ0v) is 23.0. The second-order valence-corrected chi connectivity index (χ2v) is 10.6. The van der Waals surface area contributed by atoms with Crippen LogP contribution in [0.5, 0.6) is 0 Å². The molecule has 0 spiro atoms. The molecule has 2 fully saturated rings. The van der Waals surface area contributed by atoms with Gasteiger partial charge in [0.05, 0.1) is 43.4 Å². The van der Waals surface area contributed by atoms with Crippen molar-refractivity contribution in [2.24, 2.45) is 4.99 Å². The summed E-state index contributed by atoms with van der Waals surface area (Å²) < 4.78 is 5.00. The molecule has 0 bridgehead atoms. The monoisotopic (exact) mass is 543 g/mol. The number of thiazole rings is 1. The first kappa shape index (κ1) is 26.4. The molecule has 5 rings (SSSR count). The number of nitriles is 1. The summed E-state index contributed by atoms with van der Waals surface area (Å²) in [7, 11) is 1.37. The molecule has 1 N–H and O–H groups in total. The van der Waals surface area contributed by atoms with Gasteiger partial charge in [-0.2, -0.15) is 5.26 Å². The highest BCUT2D eigenvalue weighted by Gasteiger charge is 2.40. The lowest BCUT2D eigenvalue weighted by atomic mass is 10.0. The van der Waals surface area contributed by atoms with Crippen LogP contribution in [0.1, 0.15) is 27.3 Å². The van der Waals surface area contributed by atoms with Crippen LogP contribution < -0.4 is 5.32 Å². The smallest absolute Gasteiger partial charge is 0.337 e. The molecule has 11 heteroatoms. The van der Waals surface area contributed by atoms with Crippen LogP contribution in [0.3, 0.4) is 0 Å². The minimum Gasteiger partial charge on any atom is -0.466 e. The number of amides is 2. The summed E-state index contributed by atoms with van der Waals surface area (Å²) in [5.41, 5.74) is 4.71. The van der Waals surface area contributed by atoms with Gasteiger partial charge in [0.15, 0.2) is 10.8 Å². The number of piperazine rings is 1. The third kappa shape index (κ3) is 5.51. The van der Waals surface area contributed by atoms with E-state index in [1.165, 1.54) is 18.4 Å². The molecule has 3 aliphatic rings. The lowest BCUT2D eigenvalue weighted by Gasteiger charge is -2.37. The molecule has 200 valence electrons. The van der Waals surface area contributed by atoms with Crippen LogP contribution in [0.2, 0.25) is 0 Å². The van der Waals surface area contributed by atoms with E-state index in [1.807, 2.05) is 36.3 Å². The number of hydrogen-bond donors (Lipinski definition) is 1. The van der Waals surface area contributed by atoms with Crippen molar-refractivity contribution < 1.29 is 14.3 Å². The predicted octanol–water partition coefficient (Wildman–Crippen LogP) is 1.88. The average Bonchev–Trinajstić information content (AvgIpc) is 3.58. The number of carbonyl (C=O) groups is 2. The predicted molar refractivity (Wildman–Crippen MR) is 147 cm³/mol. The molecule has 2 saturated heterocycles. The highest BCUT2D eigenvalue weighted by Crippen LogP contribution is 2.23. The van der Waals surface area contributed by atoms with Gasteiger partial charge in [-0.15, -0.1) is 11.3 Å². The summed E-state index contributed by atoms with van der Waals surface area (Å²) in [5, 5.41) is 15.1. The van der Waals surface area contributed by atoms with Crippen LogP contribution >= 0.6 is 11.3 Å². The van der Waals surface area contributed by atoms with Crippen LogP contribution in [-0.4, -0.2) is 96.5 Å². The summed E-state index contributed by atoms with van der Waals surface area (Å²) in [6.45, 7) is 7.57. The zero-order chi connectivity index (χ0) is 27.5. The first-order valence-corrected chi connectivity index (χ1v) is 13.6. The van der Waals surface area contributed by atoms with E-state index in [2.05, 4.69) is 38.1 Å².